The van der Waals surface area contributed by atoms with Crippen molar-refractivity contribution >= 4 is 6.03 Å². The predicted octanol–water partition coefficient (Wildman–Crippen LogP) is 1.22. The first-order valence-corrected chi connectivity index (χ1v) is 5.94. The highest BCUT2D eigenvalue weighted by atomic mass is 19.1. The van der Waals surface area contributed by atoms with Crippen LogP contribution < -0.4 is 5.32 Å². The quantitative estimate of drug-likeness (QED) is 0.840. The highest BCUT2D eigenvalue weighted by molar-refractivity contribution is 5.74. The molecule has 0 atom stereocenters. The van der Waals surface area contributed by atoms with E-state index in [4.69, 9.17) is 10.4 Å². The van der Waals surface area contributed by atoms with E-state index in [-0.39, 0.29) is 31.3 Å². The molecule has 0 aliphatic rings. The number of likely N-dealkylation sites (N-methyl/N-ethyl adjacent to an activating group) is 1. The number of amides is 2. The van der Waals surface area contributed by atoms with Crippen LogP contribution in [0.2, 0.25) is 0 Å². The van der Waals surface area contributed by atoms with E-state index in [1.54, 1.807) is 6.92 Å². The van der Waals surface area contributed by atoms with Crippen molar-refractivity contribution in [1.29, 1.82) is 5.26 Å². The Balaban J connectivity index is 2.66. The third-order valence-corrected chi connectivity index (χ3v) is 2.64. The Morgan fingerprint density at radius 2 is 2.32 bits per heavy atom. The molecule has 0 heterocycles. The van der Waals surface area contributed by atoms with Gasteiger partial charge in [-0.2, -0.15) is 5.26 Å². The van der Waals surface area contributed by atoms with Gasteiger partial charge in [0, 0.05) is 25.2 Å². The van der Waals surface area contributed by atoms with E-state index >= 15 is 0 Å². The summed E-state index contributed by atoms with van der Waals surface area (Å²) in [6.07, 6.45) is 0. The molecule has 19 heavy (non-hydrogen) atoms. The third kappa shape index (κ3) is 4.23. The summed E-state index contributed by atoms with van der Waals surface area (Å²) in [6.45, 7) is 2.34. The number of nitriles is 1. The second kappa shape index (κ2) is 7.34. The van der Waals surface area contributed by atoms with Gasteiger partial charge in [-0.1, -0.05) is 0 Å². The minimum Gasteiger partial charge on any atom is -0.395 e. The lowest BCUT2D eigenvalue weighted by Crippen LogP contribution is -2.41. The van der Waals surface area contributed by atoms with Crippen molar-refractivity contribution in [3.8, 4) is 6.07 Å². The molecule has 5 nitrogen and oxygen atoms in total. The van der Waals surface area contributed by atoms with Crippen LogP contribution in [0.15, 0.2) is 18.2 Å². The maximum Gasteiger partial charge on any atom is 0.317 e. The number of nitrogens with one attached hydrogen (secondary N) is 1. The Morgan fingerprint density at radius 1 is 1.58 bits per heavy atom. The van der Waals surface area contributed by atoms with Crippen molar-refractivity contribution in [3.63, 3.8) is 0 Å². The number of urea groups is 1. The summed E-state index contributed by atoms with van der Waals surface area (Å²) in [5.74, 6) is -0.468. The van der Waals surface area contributed by atoms with Crippen LogP contribution in [0.1, 0.15) is 18.1 Å². The molecule has 0 aliphatic carbocycles. The average Bonchev–Trinajstić information content (AvgIpc) is 2.43. The minimum absolute atomic E-state index is 0.00210. The van der Waals surface area contributed by atoms with Gasteiger partial charge in [0.25, 0.3) is 0 Å². The molecule has 102 valence electrons. The molecule has 0 spiro atoms. The van der Waals surface area contributed by atoms with Crippen LogP contribution in [0.4, 0.5) is 9.18 Å². The molecule has 0 saturated heterocycles. The summed E-state index contributed by atoms with van der Waals surface area (Å²) < 4.78 is 13.5. The Bertz CT molecular complexity index is 485. The fraction of sp³-hybridized carbons (Fsp3) is 0.385. The summed E-state index contributed by atoms with van der Waals surface area (Å²) >= 11 is 0. The van der Waals surface area contributed by atoms with Crippen LogP contribution in [0.25, 0.3) is 0 Å². The van der Waals surface area contributed by atoms with Gasteiger partial charge in [-0.3, -0.25) is 0 Å². The number of nitrogens with zero attached hydrogens (tertiary/aromatic N) is 2. The zero-order chi connectivity index (χ0) is 14.3. The fourth-order valence-corrected chi connectivity index (χ4v) is 1.59. The fourth-order valence-electron chi connectivity index (χ4n) is 1.59. The van der Waals surface area contributed by atoms with Gasteiger partial charge in [-0.15, -0.1) is 0 Å². The molecule has 0 aliphatic heterocycles. The van der Waals surface area contributed by atoms with Crippen molar-refractivity contribution in [3.05, 3.63) is 35.1 Å². The second-order valence-electron chi connectivity index (χ2n) is 3.88. The number of halogens is 1. The molecule has 0 bridgehead atoms. The second-order valence-corrected chi connectivity index (χ2v) is 3.88. The summed E-state index contributed by atoms with van der Waals surface area (Å²) in [5, 5.41) is 20.1. The molecule has 1 rings (SSSR count). The maximum absolute atomic E-state index is 13.5. The molecule has 0 unspecified atom stereocenters. The number of aliphatic hydroxyl groups is 1. The van der Waals surface area contributed by atoms with Gasteiger partial charge in [0.05, 0.1) is 18.2 Å². The number of hydrogen-bond acceptors (Lipinski definition) is 3. The zero-order valence-electron chi connectivity index (χ0n) is 10.7. The average molecular weight is 265 g/mol. The molecule has 0 saturated carbocycles. The lowest BCUT2D eigenvalue weighted by molar-refractivity contribution is 0.180. The normalized spacial score (nSPS) is 9.79. The monoisotopic (exact) mass is 265 g/mol. The number of carbonyl (C=O) groups is 1. The number of rotatable bonds is 5. The Hall–Kier alpha value is -2.13. The lowest BCUT2D eigenvalue weighted by atomic mass is 10.1. The van der Waals surface area contributed by atoms with Crippen molar-refractivity contribution in [2.45, 2.75) is 13.5 Å². The molecular weight excluding hydrogens is 249 g/mol. The van der Waals surface area contributed by atoms with Crippen molar-refractivity contribution in [2.75, 3.05) is 19.7 Å². The zero-order valence-corrected chi connectivity index (χ0v) is 10.7. The molecule has 2 N–H and O–H groups in total. The molecule has 2 amide bonds. The van der Waals surface area contributed by atoms with Gasteiger partial charge < -0.3 is 15.3 Å². The van der Waals surface area contributed by atoms with Crippen molar-refractivity contribution < 1.29 is 14.3 Å². The molecular formula is C13H16FN3O2. The molecule has 1 aromatic rings. The Morgan fingerprint density at radius 3 is 2.89 bits per heavy atom. The van der Waals surface area contributed by atoms with Crippen LogP contribution >= 0.6 is 0 Å². The largest absolute Gasteiger partial charge is 0.395 e. The highest BCUT2D eigenvalue weighted by Gasteiger charge is 2.11. The summed E-state index contributed by atoms with van der Waals surface area (Å²) in [4.78, 5) is 13.1. The van der Waals surface area contributed by atoms with Gasteiger partial charge in [-0.05, 0) is 25.1 Å². The summed E-state index contributed by atoms with van der Waals surface area (Å²) in [6, 6.07) is 5.52. The number of aliphatic hydroxyl groups excluding tert-OH is 1. The first-order valence-electron chi connectivity index (χ1n) is 5.94. The summed E-state index contributed by atoms with van der Waals surface area (Å²) in [7, 11) is 0. The van der Waals surface area contributed by atoms with Gasteiger partial charge in [0.2, 0.25) is 0 Å². The van der Waals surface area contributed by atoms with E-state index in [0.29, 0.717) is 12.1 Å². The topological polar surface area (TPSA) is 76.4 Å². The Kier molecular flexibility index (Phi) is 5.76. The van der Waals surface area contributed by atoms with Crippen LogP contribution in [-0.4, -0.2) is 35.7 Å². The van der Waals surface area contributed by atoms with E-state index in [9.17, 15) is 9.18 Å². The van der Waals surface area contributed by atoms with Gasteiger partial charge in [-0.25, -0.2) is 9.18 Å². The lowest BCUT2D eigenvalue weighted by Gasteiger charge is -2.20. The standard InChI is InChI=1S/C13H16FN3O2/c1-2-17(5-6-18)13(19)16-9-11-7-10(8-15)3-4-12(11)14/h3-4,7,18H,2,5-6,9H2,1H3,(H,16,19). The predicted molar refractivity (Wildman–Crippen MR) is 67.7 cm³/mol. The van der Waals surface area contributed by atoms with Crippen molar-refractivity contribution in [2.24, 2.45) is 0 Å². The van der Waals surface area contributed by atoms with Crippen LogP contribution in [0, 0.1) is 17.1 Å². The van der Waals surface area contributed by atoms with Crippen LogP contribution in [0.5, 0.6) is 0 Å². The third-order valence-electron chi connectivity index (χ3n) is 2.64. The smallest absolute Gasteiger partial charge is 0.317 e. The van der Waals surface area contributed by atoms with Gasteiger partial charge in [0.15, 0.2) is 0 Å². The number of carbonyl (C=O) groups excluding carboxylic acids is 1. The minimum atomic E-state index is -0.468. The highest BCUT2D eigenvalue weighted by Crippen LogP contribution is 2.09. The first kappa shape index (κ1) is 14.9. The summed E-state index contributed by atoms with van der Waals surface area (Å²) in [5.41, 5.74) is 0.598. The van der Waals surface area contributed by atoms with Crippen LogP contribution in [0.3, 0.4) is 0 Å². The Labute approximate surface area is 111 Å². The molecule has 1 aromatic carbocycles. The number of benzene rings is 1. The van der Waals surface area contributed by atoms with E-state index in [2.05, 4.69) is 5.32 Å². The van der Waals surface area contributed by atoms with Crippen LogP contribution in [-0.2, 0) is 6.54 Å². The first-order chi connectivity index (χ1) is 9.12. The molecule has 6 heteroatoms. The van der Waals surface area contributed by atoms with E-state index in [0.717, 1.165) is 0 Å². The molecule has 0 fully saturated rings. The van der Waals surface area contributed by atoms with Gasteiger partial charge in [0.1, 0.15) is 5.82 Å². The number of hydrogen-bond donors (Lipinski definition) is 2. The maximum atomic E-state index is 13.5. The molecule has 0 aromatic heterocycles. The molecule has 0 radical (unpaired) electrons. The van der Waals surface area contributed by atoms with E-state index in [1.165, 1.54) is 23.1 Å². The SMILES string of the molecule is CCN(CCO)C(=O)NCc1cc(C#N)ccc1F. The van der Waals surface area contributed by atoms with Crippen molar-refractivity contribution in [1.82, 2.24) is 10.2 Å². The van der Waals surface area contributed by atoms with Gasteiger partial charge >= 0.3 is 6.03 Å². The van der Waals surface area contributed by atoms with E-state index in [1.807, 2.05) is 6.07 Å². The van der Waals surface area contributed by atoms with E-state index < -0.39 is 5.82 Å².